The second-order valence-electron chi connectivity index (χ2n) is 8.77. The van der Waals surface area contributed by atoms with Crippen molar-refractivity contribution in [3.8, 4) is 5.75 Å². The van der Waals surface area contributed by atoms with E-state index in [9.17, 15) is 14.0 Å². The van der Waals surface area contributed by atoms with Crippen molar-refractivity contribution in [2.24, 2.45) is 0 Å². The average molecular weight is 481 g/mol. The van der Waals surface area contributed by atoms with Crippen molar-refractivity contribution in [1.29, 1.82) is 0 Å². The minimum Gasteiger partial charge on any atom is -0.491 e. The zero-order valence-corrected chi connectivity index (χ0v) is 20.5. The predicted molar refractivity (Wildman–Crippen MR) is 132 cm³/mol. The topological polar surface area (TPSA) is 49.9 Å². The molecule has 0 spiro atoms. The first-order valence-electron chi connectivity index (χ1n) is 11.5. The van der Waals surface area contributed by atoms with Crippen LogP contribution in [0, 0.1) is 12.7 Å². The molecule has 0 N–H and O–H groups in total. The van der Waals surface area contributed by atoms with Crippen LogP contribution in [0.15, 0.2) is 60.0 Å². The van der Waals surface area contributed by atoms with Gasteiger partial charge in [0.15, 0.2) is 0 Å². The highest BCUT2D eigenvalue weighted by Gasteiger charge is 2.34. The SMILES string of the molecule is Cc1ccccc1OCC1c2ccsc2CCN1C(=O)CN(C(=O)c1cccc(F)c1)C(C)C. The van der Waals surface area contributed by atoms with Crippen molar-refractivity contribution in [2.75, 3.05) is 19.7 Å². The van der Waals surface area contributed by atoms with Crippen LogP contribution < -0.4 is 4.74 Å². The molecule has 0 radical (unpaired) electrons. The molecule has 5 nitrogen and oxygen atoms in total. The Morgan fingerprint density at radius 3 is 2.71 bits per heavy atom. The third-order valence-electron chi connectivity index (χ3n) is 6.17. The fourth-order valence-corrected chi connectivity index (χ4v) is 5.20. The molecule has 1 aromatic heterocycles. The van der Waals surface area contributed by atoms with Gasteiger partial charge in [-0.3, -0.25) is 9.59 Å². The summed E-state index contributed by atoms with van der Waals surface area (Å²) in [5.74, 6) is -0.185. The van der Waals surface area contributed by atoms with E-state index >= 15 is 0 Å². The maximum absolute atomic E-state index is 13.7. The lowest BCUT2D eigenvalue weighted by Crippen LogP contribution is -2.49. The van der Waals surface area contributed by atoms with Gasteiger partial charge >= 0.3 is 0 Å². The van der Waals surface area contributed by atoms with Gasteiger partial charge in [-0.1, -0.05) is 24.3 Å². The summed E-state index contributed by atoms with van der Waals surface area (Å²) in [6.07, 6.45) is 0.777. The van der Waals surface area contributed by atoms with Crippen LogP contribution in [0.3, 0.4) is 0 Å². The number of amides is 2. The largest absolute Gasteiger partial charge is 0.491 e. The molecule has 1 aliphatic rings. The van der Waals surface area contributed by atoms with Gasteiger partial charge in [0, 0.05) is 23.0 Å². The summed E-state index contributed by atoms with van der Waals surface area (Å²) in [5.41, 5.74) is 2.37. The summed E-state index contributed by atoms with van der Waals surface area (Å²) >= 11 is 1.70. The molecule has 0 fully saturated rings. The molecule has 1 aliphatic heterocycles. The Bertz CT molecular complexity index is 1180. The van der Waals surface area contributed by atoms with Gasteiger partial charge in [0.1, 0.15) is 24.7 Å². The van der Waals surface area contributed by atoms with Crippen LogP contribution in [-0.2, 0) is 11.2 Å². The third-order valence-corrected chi connectivity index (χ3v) is 7.16. The quantitative estimate of drug-likeness (QED) is 0.464. The number of carbonyl (C=O) groups is 2. The minimum absolute atomic E-state index is 0.0760. The van der Waals surface area contributed by atoms with E-state index in [0.29, 0.717) is 13.2 Å². The maximum atomic E-state index is 13.7. The van der Waals surface area contributed by atoms with E-state index in [4.69, 9.17) is 4.74 Å². The summed E-state index contributed by atoms with van der Waals surface area (Å²) in [4.78, 5) is 31.2. The molecule has 0 bridgehead atoms. The Morgan fingerprint density at radius 1 is 1.18 bits per heavy atom. The predicted octanol–water partition coefficient (Wildman–Crippen LogP) is 5.25. The van der Waals surface area contributed by atoms with Crippen LogP contribution >= 0.6 is 11.3 Å². The van der Waals surface area contributed by atoms with Crippen LogP contribution in [-0.4, -0.2) is 47.4 Å². The van der Waals surface area contributed by atoms with Crippen molar-refractivity contribution in [3.63, 3.8) is 0 Å². The van der Waals surface area contributed by atoms with Crippen LogP contribution in [0.1, 0.15) is 46.3 Å². The van der Waals surface area contributed by atoms with Gasteiger partial charge in [0.2, 0.25) is 5.91 Å². The molecule has 34 heavy (non-hydrogen) atoms. The Hall–Kier alpha value is -3.19. The van der Waals surface area contributed by atoms with E-state index in [1.165, 1.54) is 28.0 Å². The van der Waals surface area contributed by atoms with Crippen LogP contribution in [0.2, 0.25) is 0 Å². The molecular formula is C27H29FN2O3S. The van der Waals surface area contributed by atoms with Gasteiger partial charge in [0.05, 0.1) is 6.04 Å². The monoisotopic (exact) mass is 480 g/mol. The van der Waals surface area contributed by atoms with E-state index < -0.39 is 5.82 Å². The van der Waals surface area contributed by atoms with Crippen molar-refractivity contribution in [3.05, 3.63) is 87.4 Å². The number of halogens is 1. The average Bonchev–Trinajstić information content (AvgIpc) is 3.30. The van der Waals surface area contributed by atoms with Crippen LogP contribution in [0.5, 0.6) is 5.75 Å². The first kappa shape index (κ1) is 24.0. The number of benzene rings is 2. The number of thiophene rings is 1. The highest BCUT2D eigenvalue weighted by molar-refractivity contribution is 7.10. The first-order valence-corrected chi connectivity index (χ1v) is 12.3. The van der Waals surface area contributed by atoms with Gasteiger partial charge < -0.3 is 14.5 Å². The second-order valence-corrected chi connectivity index (χ2v) is 9.77. The molecule has 1 unspecified atom stereocenters. The number of hydrogen-bond donors (Lipinski definition) is 0. The number of ether oxygens (including phenoxy) is 1. The molecule has 3 aromatic rings. The van der Waals surface area contributed by atoms with E-state index in [0.717, 1.165) is 23.3 Å². The summed E-state index contributed by atoms with van der Waals surface area (Å²) in [5, 5.41) is 2.05. The molecule has 2 amide bonds. The highest BCUT2D eigenvalue weighted by Crippen LogP contribution is 2.34. The molecular weight excluding hydrogens is 451 g/mol. The third kappa shape index (κ3) is 5.14. The van der Waals surface area contributed by atoms with Gasteiger partial charge in [-0.25, -0.2) is 4.39 Å². The summed E-state index contributed by atoms with van der Waals surface area (Å²) < 4.78 is 19.9. The Balaban J connectivity index is 1.54. The van der Waals surface area contributed by atoms with E-state index in [2.05, 4.69) is 6.07 Å². The molecule has 4 rings (SSSR count). The van der Waals surface area contributed by atoms with Crippen molar-refractivity contribution in [2.45, 2.75) is 39.3 Å². The summed E-state index contributed by atoms with van der Waals surface area (Å²) in [6, 6.07) is 15.0. The van der Waals surface area contributed by atoms with E-state index in [-0.39, 0.29) is 36.0 Å². The minimum atomic E-state index is -0.477. The van der Waals surface area contributed by atoms with Crippen LogP contribution in [0.4, 0.5) is 4.39 Å². The Kier molecular flexibility index (Phi) is 7.32. The standard InChI is InChI=1S/C27H29FN2O3S/c1-18(2)30(27(32)20-8-6-9-21(28)15-20)16-26(31)29-13-11-25-22(12-14-34-25)23(29)17-33-24-10-5-4-7-19(24)3/h4-10,12,14-15,18,23H,11,13,16-17H2,1-3H3. The smallest absolute Gasteiger partial charge is 0.254 e. The van der Waals surface area contributed by atoms with E-state index in [1.807, 2.05) is 55.3 Å². The number of nitrogens with zero attached hydrogens (tertiary/aromatic N) is 2. The highest BCUT2D eigenvalue weighted by atomic mass is 32.1. The number of fused-ring (bicyclic) bond motifs is 1. The number of rotatable bonds is 7. The normalized spacial score (nSPS) is 15.2. The van der Waals surface area contributed by atoms with Gasteiger partial charge in [-0.15, -0.1) is 11.3 Å². The fourth-order valence-electron chi connectivity index (χ4n) is 4.27. The molecule has 2 heterocycles. The number of hydrogen-bond acceptors (Lipinski definition) is 4. The lowest BCUT2D eigenvalue weighted by atomic mass is 10.00. The molecule has 7 heteroatoms. The van der Waals surface area contributed by atoms with Crippen molar-refractivity contribution >= 4 is 23.2 Å². The molecule has 0 saturated heterocycles. The number of carbonyl (C=O) groups excluding carboxylic acids is 2. The maximum Gasteiger partial charge on any atom is 0.254 e. The molecule has 2 aromatic carbocycles. The zero-order valence-electron chi connectivity index (χ0n) is 19.7. The summed E-state index contributed by atoms with van der Waals surface area (Å²) in [6.45, 7) is 6.53. The molecule has 178 valence electrons. The zero-order chi connectivity index (χ0) is 24.2. The van der Waals surface area contributed by atoms with Crippen LogP contribution in [0.25, 0.3) is 0 Å². The van der Waals surface area contributed by atoms with Gasteiger partial charge in [-0.2, -0.15) is 0 Å². The molecule has 0 saturated carbocycles. The van der Waals surface area contributed by atoms with Gasteiger partial charge in [-0.05, 0) is 74.0 Å². The Morgan fingerprint density at radius 2 is 1.97 bits per heavy atom. The number of para-hydroxylation sites is 1. The molecule has 0 aliphatic carbocycles. The van der Waals surface area contributed by atoms with Crippen molar-refractivity contribution < 1.29 is 18.7 Å². The fraction of sp³-hybridized carbons (Fsp3) is 0.333. The molecule has 1 atom stereocenters. The second kappa shape index (κ2) is 10.4. The summed E-state index contributed by atoms with van der Waals surface area (Å²) in [7, 11) is 0. The lowest BCUT2D eigenvalue weighted by molar-refractivity contribution is -0.136. The lowest BCUT2D eigenvalue weighted by Gasteiger charge is -2.37. The Labute approximate surface area is 203 Å². The van der Waals surface area contributed by atoms with E-state index in [1.54, 1.807) is 17.4 Å². The first-order chi connectivity index (χ1) is 16.3. The number of aryl methyl sites for hydroxylation is 1. The van der Waals surface area contributed by atoms with Crippen molar-refractivity contribution in [1.82, 2.24) is 9.80 Å². The van der Waals surface area contributed by atoms with Gasteiger partial charge in [0.25, 0.3) is 5.91 Å².